The van der Waals surface area contributed by atoms with E-state index in [2.05, 4.69) is 5.32 Å². The van der Waals surface area contributed by atoms with Gasteiger partial charge in [-0.05, 0) is 36.5 Å². The van der Waals surface area contributed by atoms with E-state index in [1.807, 2.05) is 47.4 Å². The van der Waals surface area contributed by atoms with Crippen molar-refractivity contribution in [2.75, 3.05) is 39.9 Å². The molecule has 1 saturated heterocycles. The summed E-state index contributed by atoms with van der Waals surface area (Å²) in [5, 5.41) is 2.98. The van der Waals surface area contributed by atoms with Crippen LogP contribution < -0.4 is 10.1 Å². The van der Waals surface area contributed by atoms with E-state index in [1.165, 1.54) is 0 Å². The standard InChI is InChI=1S/C25H31N3O4/c1-31-23-10-6-5-9-22(23)24(29)28(16-20-11-12-20)18-21-17-27(13-14-32-21)25(30)26-15-19-7-3-2-4-8-19/h2-10,20-21H,11-18H2,1H3,(H,26,30). The molecule has 1 aliphatic heterocycles. The number of hydrogen-bond acceptors (Lipinski definition) is 4. The molecule has 2 aromatic rings. The molecule has 0 spiro atoms. The van der Waals surface area contributed by atoms with E-state index < -0.39 is 0 Å². The molecule has 2 aliphatic rings. The van der Waals surface area contributed by atoms with Crippen LogP contribution in [0.2, 0.25) is 0 Å². The summed E-state index contributed by atoms with van der Waals surface area (Å²) in [6.07, 6.45) is 2.08. The number of carbonyl (C=O) groups is 2. The average Bonchev–Trinajstić information content (AvgIpc) is 3.66. The molecule has 1 heterocycles. The SMILES string of the molecule is COc1ccccc1C(=O)N(CC1CC1)CC1CN(C(=O)NCc2ccccc2)CCO1. The number of urea groups is 1. The zero-order valence-electron chi connectivity index (χ0n) is 18.5. The highest BCUT2D eigenvalue weighted by molar-refractivity contribution is 5.97. The molecule has 2 aromatic carbocycles. The van der Waals surface area contributed by atoms with Crippen LogP contribution in [0.4, 0.5) is 4.79 Å². The predicted octanol–water partition coefficient (Wildman–Crippen LogP) is 3.16. The Hall–Kier alpha value is -3.06. The Morgan fingerprint density at radius 1 is 1.09 bits per heavy atom. The summed E-state index contributed by atoms with van der Waals surface area (Å²) >= 11 is 0. The number of para-hydroxylation sites is 1. The fourth-order valence-corrected chi connectivity index (χ4v) is 3.99. The summed E-state index contributed by atoms with van der Waals surface area (Å²) in [7, 11) is 1.58. The molecule has 4 rings (SSSR count). The Labute approximate surface area is 189 Å². The van der Waals surface area contributed by atoms with Crippen LogP contribution in [0.5, 0.6) is 5.75 Å². The maximum Gasteiger partial charge on any atom is 0.317 e. The highest BCUT2D eigenvalue weighted by atomic mass is 16.5. The summed E-state index contributed by atoms with van der Waals surface area (Å²) in [6, 6.07) is 17.1. The van der Waals surface area contributed by atoms with Crippen molar-refractivity contribution in [1.29, 1.82) is 0 Å². The van der Waals surface area contributed by atoms with Crippen molar-refractivity contribution in [1.82, 2.24) is 15.1 Å². The minimum absolute atomic E-state index is 0.0522. The summed E-state index contributed by atoms with van der Waals surface area (Å²) in [5.41, 5.74) is 1.62. The van der Waals surface area contributed by atoms with E-state index in [4.69, 9.17) is 9.47 Å². The van der Waals surface area contributed by atoms with Gasteiger partial charge < -0.3 is 24.6 Å². The number of ether oxygens (including phenoxy) is 2. The molecule has 3 amide bonds. The molecule has 2 fully saturated rings. The number of benzene rings is 2. The van der Waals surface area contributed by atoms with Gasteiger partial charge in [-0.15, -0.1) is 0 Å². The monoisotopic (exact) mass is 437 g/mol. The quantitative estimate of drug-likeness (QED) is 0.689. The fourth-order valence-electron chi connectivity index (χ4n) is 3.99. The Bertz CT molecular complexity index is 916. The first kappa shape index (κ1) is 22.1. The van der Waals surface area contributed by atoms with E-state index >= 15 is 0 Å². The van der Waals surface area contributed by atoms with Crippen LogP contribution in [-0.2, 0) is 11.3 Å². The number of morpholine rings is 1. The Balaban J connectivity index is 1.37. The molecule has 7 heteroatoms. The van der Waals surface area contributed by atoms with Gasteiger partial charge in [-0.2, -0.15) is 0 Å². The number of nitrogens with zero attached hydrogens (tertiary/aromatic N) is 2. The number of nitrogens with one attached hydrogen (secondary N) is 1. The second kappa shape index (κ2) is 10.5. The molecular weight excluding hydrogens is 406 g/mol. The normalized spacial score (nSPS) is 18.2. The van der Waals surface area contributed by atoms with Crippen molar-refractivity contribution in [2.45, 2.75) is 25.5 Å². The van der Waals surface area contributed by atoms with Crippen LogP contribution in [0.3, 0.4) is 0 Å². The predicted molar refractivity (Wildman–Crippen MR) is 122 cm³/mol. The molecule has 170 valence electrons. The van der Waals surface area contributed by atoms with Gasteiger partial charge in [-0.25, -0.2) is 4.79 Å². The lowest BCUT2D eigenvalue weighted by molar-refractivity contribution is -0.0282. The number of carbonyl (C=O) groups excluding carboxylic acids is 2. The van der Waals surface area contributed by atoms with Gasteiger partial charge in [0.25, 0.3) is 5.91 Å². The molecule has 1 atom stereocenters. The first-order valence-corrected chi connectivity index (χ1v) is 11.2. The zero-order valence-corrected chi connectivity index (χ0v) is 18.5. The largest absolute Gasteiger partial charge is 0.496 e. The van der Waals surface area contributed by atoms with Gasteiger partial charge >= 0.3 is 6.03 Å². The smallest absolute Gasteiger partial charge is 0.317 e. The Morgan fingerprint density at radius 2 is 1.84 bits per heavy atom. The molecule has 0 bridgehead atoms. The van der Waals surface area contributed by atoms with Crippen molar-refractivity contribution in [3.05, 3.63) is 65.7 Å². The van der Waals surface area contributed by atoms with Gasteiger partial charge in [-0.1, -0.05) is 42.5 Å². The third kappa shape index (κ3) is 5.79. The highest BCUT2D eigenvalue weighted by Gasteiger charge is 2.32. The molecule has 0 aromatic heterocycles. The maximum atomic E-state index is 13.3. The van der Waals surface area contributed by atoms with E-state index in [9.17, 15) is 9.59 Å². The van der Waals surface area contributed by atoms with Crippen LogP contribution in [0, 0.1) is 5.92 Å². The number of rotatable bonds is 8. The molecule has 1 saturated carbocycles. The van der Waals surface area contributed by atoms with Crippen LogP contribution in [0.25, 0.3) is 0 Å². The summed E-state index contributed by atoms with van der Waals surface area (Å²) < 4.78 is 11.3. The highest BCUT2D eigenvalue weighted by Crippen LogP contribution is 2.31. The van der Waals surface area contributed by atoms with Crippen molar-refractivity contribution >= 4 is 11.9 Å². The van der Waals surface area contributed by atoms with Crippen LogP contribution in [-0.4, -0.2) is 67.7 Å². The zero-order chi connectivity index (χ0) is 22.3. The van der Waals surface area contributed by atoms with Gasteiger partial charge in [-0.3, -0.25) is 4.79 Å². The van der Waals surface area contributed by atoms with Crippen LogP contribution in [0.1, 0.15) is 28.8 Å². The Morgan fingerprint density at radius 3 is 2.59 bits per heavy atom. The first-order valence-electron chi connectivity index (χ1n) is 11.2. The van der Waals surface area contributed by atoms with Crippen LogP contribution in [0.15, 0.2) is 54.6 Å². The van der Waals surface area contributed by atoms with E-state index in [1.54, 1.807) is 24.1 Å². The van der Waals surface area contributed by atoms with Gasteiger partial charge in [0.1, 0.15) is 5.75 Å². The summed E-state index contributed by atoms with van der Waals surface area (Å²) in [6.45, 7) is 3.11. The number of methoxy groups -OCH3 is 1. The lowest BCUT2D eigenvalue weighted by Gasteiger charge is -2.36. The summed E-state index contributed by atoms with van der Waals surface area (Å²) in [4.78, 5) is 29.7. The lowest BCUT2D eigenvalue weighted by Crippen LogP contribution is -2.53. The maximum absolute atomic E-state index is 13.3. The summed E-state index contributed by atoms with van der Waals surface area (Å²) in [5.74, 6) is 1.07. The van der Waals surface area contributed by atoms with E-state index in [-0.39, 0.29) is 18.0 Å². The van der Waals surface area contributed by atoms with E-state index in [0.717, 1.165) is 18.4 Å². The molecule has 1 N–H and O–H groups in total. The minimum atomic E-state index is -0.219. The third-order valence-corrected chi connectivity index (χ3v) is 5.94. The minimum Gasteiger partial charge on any atom is -0.496 e. The first-order chi connectivity index (χ1) is 15.6. The topological polar surface area (TPSA) is 71.1 Å². The molecule has 0 radical (unpaired) electrons. The second-order valence-electron chi connectivity index (χ2n) is 8.44. The number of amides is 3. The third-order valence-electron chi connectivity index (χ3n) is 5.94. The lowest BCUT2D eigenvalue weighted by atomic mass is 10.1. The second-order valence-corrected chi connectivity index (χ2v) is 8.44. The van der Waals surface area contributed by atoms with Crippen molar-refractivity contribution < 1.29 is 19.1 Å². The molecule has 1 unspecified atom stereocenters. The molecule has 7 nitrogen and oxygen atoms in total. The average molecular weight is 438 g/mol. The molecule has 32 heavy (non-hydrogen) atoms. The molecular formula is C25H31N3O4. The van der Waals surface area contributed by atoms with Gasteiger partial charge in [0.2, 0.25) is 0 Å². The fraction of sp³-hybridized carbons (Fsp3) is 0.440. The Kier molecular flexibility index (Phi) is 7.27. The number of hydrogen-bond donors (Lipinski definition) is 1. The van der Waals surface area contributed by atoms with Crippen molar-refractivity contribution in [2.24, 2.45) is 5.92 Å². The van der Waals surface area contributed by atoms with E-state index in [0.29, 0.717) is 56.6 Å². The van der Waals surface area contributed by atoms with Crippen molar-refractivity contribution in [3.63, 3.8) is 0 Å². The molecule has 1 aliphatic carbocycles. The van der Waals surface area contributed by atoms with Gasteiger partial charge in [0.15, 0.2) is 0 Å². The van der Waals surface area contributed by atoms with Gasteiger partial charge in [0, 0.05) is 26.2 Å². The van der Waals surface area contributed by atoms with Gasteiger partial charge in [0.05, 0.1) is 31.9 Å². The van der Waals surface area contributed by atoms with Crippen LogP contribution >= 0.6 is 0 Å². The van der Waals surface area contributed by atoms with Crippen molar-refractivity contribution in [3.8, 4) is 5.75 Å².